The lowest BCUT2D eigenvalue weighted by Crippen LogP contribution is -2.43. The Balaban J connectivity index is 3.01. The first kappa shape index (κ1) is 15.6. The van der Waals surface area contributed by atoms with Crippen LogP contribution in [0.15, 0.2) is 14.7 Å². The first-order valence-electron chi connectivity index (χ1n) is 4.78. The zero-order valence-electron chi connectivity index (χ0n) is 9.64. The van der Waals surface area contributed by atoms with Gasteiger partial charge in [0.1, 0.15) is 6.04 Å². The number of hydrogen-bond donors (Lipinski definition) is 2. The number of aliphatic hydroxyl groups excluding tert-OH is 1. The highest BCUT2D eigenvalue weighted by Gasteiger charge is 2.27. The first-order chi connectivity index (χ1) is 8.31. The predicted molar refractivity (Wildman–Crippen MR) is 70.0 cm³/mol. The zero-order valence-corrected chi connectivity index (χ0v) is 12.9. The van der Waals surface area contributed by atoms with E-state index in [1.165, 1.54) is 17.4 Å². The molecule has 6 nitrogen and oxygen atoms in total. The van der Waals surface area contributed by atoms with Crippen molar-refractivity contribution in [3.05, 3.63) is 14.7 Å². The average Bonchev–Trinajstić information content (AvgIpc) is 2.65. The second kappa shape index (κ2) is 6.11. The van der Waals surface area contributed by atoms with Gasteiger partial charge in [0.25, 0.3) is 0 Å². The van der Waals surface area contributed by atoms with E-state index in [0.717, 1.165) is 7.11 Å². The summed E-state index contributed by atoms with van der Waals surface area (Å²) >= 11 is 4.45. The topological polar surface area (TPSA) is 92.7 Å². The minimum absolute atomic E-state index is 0.0710. The maximum absolute atomic E-state index is 12.0. The Labute approximate surface area is 117 Å². The number of halogens is 1. The van der Waals surface area contributed by atoms with Crippen LogP contribution in [-0.2, 0) is 19.6 Å². The van der Waals surface area contributed by atoms with Crippen molar-refractivity contribution < 1.29 is 23.1 Å². The number of esters is 1. The van der Waals surface area contributed by atoms with Gasteiger partial charge in [-0.05, 0) is 28.9 Å². The minimum atomic E-state index is -3.87. The summed E-state index contributed by atoms with van der Waals surface area (Å²) in [6, 6.07) is 0.131. The molecule has 0 aliphatic heterocycles. The zero-order chi connectivity index (χ0) is 13.9. The quantitative estimate of drug-likeness (QED) is 0.754. The number of carbonyl (C=O) groups is 1. The number of sulfonamides is 1. The van der Waals surface area contributed by atoms with E-state index in [2.05, 4.69) is 25.4 Å². The number of thiophene rings is 1. The molecule has 1 heterocycles. The molecule has 0 bridgehead atoms. The highest BCUT2D eigenvalue weighted by atomic mass is 79.9. The molecule has 1 aromatic rings. The third kappa shape index (κ3) is 3.51. The van der Waals surface area contributed by atoms with Crippen LogP contribution in [0, 0.1) is 6.92 Å². The standard InChI is InChI=1S/C9H12BrNO5S2/c1-5-7(3-8(10)17-5)18(14,15)11-6(4-12)9(13)16-2/h3,6,11-12H,4H2,1-2H3. The smallest absolute Gasteiger partial charge is 0.326 e. The van der Waals surface area contributed by atoms with E-state index >= 15 is 0 Å². The number of nitrogens with one attached hydrogen (secondary N) is 1. The van der Waals surface area contributed by atoms with Gasteiger partial charge in [0.2, 0.25) is 10.0 Å². The van der Waals surface area contributed by atoms with Gasteiger partial charge in [-0.15, -0.1) is 11.3 Å². The van der Waals surface area contributed by atoms with Crippen molar-refractivity contribution in [3.63, 3.8) is 0 Å². The minimum Gasteiger partial charge on any atom is -0.468 e. The summed E-state index contributed by atoms with van der Waals surface area (Å²) in [6.45, 7) is 0.979. The van der Waals surface area contributed by atoms with Gasteiger partial charge in [0.15, 0.2) is 0 Å². The van der Waals surface area contributed by atoms with Crippen molar-refractivity contribution in [1.29, 1.82) is 0 Å². The third-order valence-corrected chi connectivity index (χ3v) is 5.38. The Kier molecular flexibility index (Phi) is 5.29. The molecule has 2 N–H and O–H groups in total. The molecule has 0 saturated carbocycles. The summed E-state index contributed by atoms with van der Waals surface area (Å²) in [5.74, 6) is -0.840. The Hall–Kier alpha value is -0.480. The Bertz CT molecular complexity index is 539. The summed E-state index contributed by atoms with van der Waals surface area (Å²) in [6.07, 6.45) is 0. The maximum atomic E-state index is 12.0. The van der Waals surface area contributed by atoms with Crippen LogP contribution in [0.4, 0.5) is 0 Å². The average molecular weight is 358 g/mol. The molecule has 0 saturated heterocycles. The summed E-state index contributed by atoms with van der Waals surface area (Å²) in [5.41, 5.74) is 0. The van der Waals surface area contributed by atoms with Crippen molar-refractivity contribution in [3.8, 4) is 0 Å². The number of ether oxygens (including phenoxy) is 1. The van der Waals surface area contributed by atoms with Crippen molar-refractivity contribution in [1.82, 2.24) is 4.72 Å². The Morgan fingerprint density at radius 1 is 1.67 bits per heavy atom. The fourth-order valence-corrected chi connectivity index (χ4v) is 4.84. The molecule has 0 fully saturated rings. The molecule has 0 aromatic carbocycles. The number of aliphatic hydroxyl groups is 1. The molecule has 1 aromatic heterocycles. The normalized spacial score (nSPS) is 13.3. The van der Waals surface area contributed by atoms with Gasteiger partial charge < -0.3 is 9.84 Å². The van der Waals surface area contributed by atoms with E-state index in [0.29, 0.717) is 8.66 Å². The van der Waals surface area contributed by atoms with E-state index < -0.39 is 28.6 Å². The van der Waals surface area contributed by atoms with Gasteiger partial charge in [-0.25, -0.2) is 8.42 Å². The van der Waals surface area contributed by atoms with Crippen LogP contribution in [0.3, 0.4) is 0 Å². The molecule has 1 rings (SSSR count). The number of carbonyl (C=O) groups excluding carboxylic acids is 1. The molecular weight excluding hydrogens is 346 g/mol. The molecule has 1 atom stereocenters. The molecule has 0 amide bonds. The first-order valence-corrected chi connectivity index (χ1v) is 7.88. The van der Waals surface area contributed by atoms with Crippen molar-refractivity contribution in [2.24, 2.45) is 0 Å². The monoisotopic (exact) mass is 357 g/mol. The van der Waals surface area contributed by atoms with E-state index in [-0.39, 0.29) is 4.90 Å². The van der Waals surface area contributed by atoms with E-state index in [1.807, 2.05) is 0 Å². The molecule has 0 aliphatic carbocycles. The second-order valence-electron chi connectivity index (χ2n) is 3.35. The molecule has 0 spiro atoms. The van der Waals surface area contributed by atoms with Gasteiger partial charge in [0.05, 0.1) is 22.4 Å². The SMILES string of the molecule is COC(=O)C(CO)NS(=O)(=O)c1cc(Br)sc1C. The second-order valence-corrected chi connectivity index (χ2v) is 7.67. The van der Waals surface area contributed by atoms with Crippen molar-refractivity contribution in [2.75, 3.05) is 13.7 Å². The largest absolute Gasteiger partial charge is 0.468 e. The van der Waals surface area contributed by atoms with Gasteiger partial charge in [-0.2, -0.15) is 4.72 Å². The van der Waals surface area contributed by atoms with Crippen LogP contribution >= 0.6 is 27.3 Å². The molecule has 9 heteroatoms. The molecule has 0 radical (unpaired) electrons. The highest BCUT2D eigenvalue weighted by molar-refractivity contribution is 9.11. The highest BCUT2D eigenvalue weighted by Crippen LogP contribution is 2.29. The van der Waals surface area contributed by atoms with Gasteiger partial charge >= 0.3 is 5.97 Å². The van der Waals surface area contributed by atoms with Crippen LogP contribution in [0.1, 0.15) is 4.88 Å². The number of aryl methyl sites for hydroxylation is 1. The molecule has 0 aliphatic rings. The van der Waals surface area contributed by atoms with Crippen LogP contribution in [0.5, 0.6) is 0 Å². The molecule has 102 valence electrons. The Morgan fingerprint density at radius 3 is 2.67 bits per heavy atom. The number of hydrogen-bond acceptors (Lipinski definition) is 6. The third-order valence-electron chi connectivity index (χ3n) is 2.10. The molecular formula is C9H12BrNO5S2. The summed E-state index contributed by atoms with van der Waals surface area (Å²) in [7, 11) is -2.75. The summed E-state index contributed by atoms with van der Waals surface area (Å²) < 4.78 is 31.2. The van der Waals surface area contributed by atoms with Crippen molar-refractivity contribution >= 4 is 43.3 Å². The van der Waals surface area contributed by atoms with Crippen molar-refractivity contribution in [2.45, 2.75) is 17.9 Å². The van der Waals surface area contributed by atoms with Gasteiger partial charge in [-0.3, -0.25) is 4.79 Å². The fourth-order valence-electron chi connectivity index (χ4n) is 1.25. The van der Waals surface area contributed by atoms with Crippen LogP contribution in [0.2, 0.25) is 0 Å². The van der Waals surface area contributed by atoms with Crippen LogP contribution < -0.4 is 4.72 Å². The van der Waals surface area contributed by atoms with E-state index in [1.54, 1.807) is 6.92 Å². The summed E-state index contributed by atoms with van der Waals surface area (Å²) in [5, 5.41) is 8.98. The predicted octanol–water partition coefficient (Wildman–Crippen LogP) is 0.631. The lowest BCUT2D eigenvalue weighted by atomic mass is 10.3. The molecule has 1 unspecified atom stereocenters. The lowest BCUT2D eigenvalue weighted by molar-refractivity contribution is -0.143. The van der Waals surface area contributed by atoms with E-state index in [4.69, 9.17) is 5.11 Å². The van der Waals surface area contributed by atoms with Crippen LogP contribution in [0.25, 0.3) is 0 Å². The summed E-state index contributed by atoms with van der Waals surface area (Å²) in [4.78, 5) is 11.9. The molecule has 18 heavy (non-hydrogen) atoms. The Morgan fingerprint density at radius 2 is 2.28 bits per heavy atom. The lowest BCUT2D eigenvalue weighted by Gasteiger charge is -2.13. The number of rotatable bonds is 5. The van der Waals surface area contributed by atoms with Gasteiger partial charge in [-0.1, -0.05) is 0 Å². The van der Waals surface area contributed by atoms with Crippen LogP contribution in [-0.4, -0.2) is 39.3 Å². The van der Waals surface area contributed by atoms with E-state index in [9.17, 15) is 13.2 Å². The number of methoxy groups -OCH3 is 1. The van der Waals surface area contributed by atoms with Gasteiger partial charge in [0, 0.05) is 4.88 Å². The maximum Gasteiger partial charge on any atom is 0.326 e. The fraction of sp³-hybridized carbons (Fsp3) is 0.444.